The maximum Gasteiger partial charge on any atom is 0.336 e. The number of carboxylic acid groups (broad SMARTS) is 1. The number of rotatable bonds is 8. The van der Waals surface area contributed by atoms with Crippen LogP contribution in [0.15, 0.2) is 97.2 Å². The second-order valence-corrected chi connectivity index (χ2v) is 10.0. The number of hydrogen-bond acceptors (Lipinski definition) is 4. The average molecular weight is 547 g/mol. The van der Waals surface area contributed by atoms with Gasteiger partial charge in [0.2, 0.25) is 0 Å². The highest BCUT2D eigenvalue weighted by molar-refractivity contribution is 6.14. The van der Waals surface area contributed by atoms with Gasteiger partial charge < -0.3 is 14.7 Å². The van der Waals surface area contributed by atoms with Crippen LogP contribution in [0.3, 0.4) is 0 Å². The van der Waals surface area contributed by atoms with Crippen LogP contribution in [0.1, 0.15) is 61.6 Å². The van der Waals surface area contributed by atoms with Gasteiger partial charge in [0.25, 0.3) is 5.91 Å². The number of carbonyl (C=O) groups excluding carboxylic acids is 1. The van der Waals surface area contributed by atoms with Crippen LogP contribution in [0, 0.1) is 5.82 Å². The Kier molecular flexibility index (Phi) is 6.93. The molecule has 1 aliphatic heterocycles. The van der Waals surface area contributed by atoms with Crippen molar-refractivity contribution in [2.75, 3.05) is 6.54 Å². The molecule has 0 saturated heterocycles. The third kappa shape index (κ3) is 4.91. The minimum absolute atomic E-state index is 0.0519. The van der Waals surface area contributed by atoms with Crippen LogP contribution in [0.5, 0.6) is 5.75 Å². The number of nitrogens with zero attached hydrogens (tertiary/aromatic N) is 2. The molecule has 0 aliphatic carbocycles. The van der Waals surface area contributed by atoms with Crippen LogP contribution in [0.25, 0.3) is 10.9 Å². The largest absolute Gasteiger partial charge is 0.478 e. The minimum Gasteiger partial charge on any atom is -0.478 e. The van der Waals surface area contributed by atoms with E-state index in [2.05, 4.69) is 0 Å². The molecule has 1 N–H and O–H groups in total. The van der Waals surface area contributed by atoms with E-state index < -0.39 is 12.1 Å². The quantitative estimate of drug-likeness (QED) is 0.231. The van der Waals surface area contributed by atoms with Crippen LogP contribution in [-0.2, 0) is 13.0 Å². The van der Waals surface area contributed by atoms with Gasteiger partial charge in [-0.15, -0.1) is 0 Å². The van der Waals surface area contributed by atoms with Gasteiger partial charge in [-0.1, -0.05) is 72.8 Å². The highest BCUT2D eigenvalue weighted by Gasteiger charge is 2.37. The normalized spacial score (nSPS) is 12.7. The highest BCUT2D eigenvalue weighted by Crippen LogP contribution is 2.43. The molecule has 0 saturated carbocycles. The van der Waals surface area contributed by atoms with Crippen molar-refractivity contribution in [3.05, 3.63) is 142 Å². The monoisotopic (exact) mass is 546 g/mol. The molecular formula is C34H27FN2O4. The fourth-order valence-electron chi connectivity index (χ4n) is 5.48. The van der Waals surface area contributed by atoms with Crippen molar-refractivity contribution in [2.24, 2.45) is 0 Å². The molecule has 6 nitrogen and oxygen atoms in total. The van der Waals surface area contributed by atoms with Gasteiger partial charge in [0.05, 0.1) is 11.1 Å². The zero-order valence-electron chi connectivity index (χ0n) is 22.4. The first-order valence-corrected chi connectivity index (χ1v) is 13.5. The summed E-state index contributed by atoms with van der Waals surface area (Å²) in [5.41, 5.74) is 4.42. The number of benzene rings is 4. The topological polar surface area (TPSA) is 79.7 Å². The maximum absolute atomic E-state index is 13.7. The SMILES string of the molecule is CCN1Cc2c(c(OC(c3ccccc3)c3ccccc3)c3ncc(Cc4ccc(F)cc4)cc3c2C(=O)O)C1=O. The van der Waals surface area contributed by atoms with Gasteiger partial charge in [-0.05, 0) is 53.8 Å². The molecule has 4 aromatic carbocycles. The predicted octanol–water partition coefficient (Wildman–Crippen LogP) is 6.81. The van der Waals surface area contributed by atoms with Crippen LogP contribution in [0.2, 0.25) is 0 Å². The summed E-state index contributed by atoms with van der Waals surface area (Å²) in [7, 11) is 0. The Bertz CT molecular complexity index is 1720. The summed E-state index contributed by atoms with van der Waals surface area (Å²) in [5, 5.41) is 10.8. The molecule has 1 amide bonds. The summed E-state index contributed by atoms with van der Waals surface area (Å²) in [4.78, 5) is 32.7. The molecule has 0 bridgehead atoms. The fraction of sp³-hybridized carbons (Fsp3) is 0.147. The number of pyridine rings is 1. The Morgan fingerprint density at radius 2 is 1.61 bits per heavy atom. The molecule has 0 spiro atoms. The summed E-state index contributed by atoms with van der Waals surface area (Å²) in [6.45, 7) is 2.45. The number of ether oxygens (including phenoxy) is 1. The molecule has 41 heavy (non-hydrogen) atoms. The Balaban J connectivity index is 1.57. The lowest BCUT2D eigenvalue weighted by Gasteiger charge is -2.23. The number of amides is 1. The molecule has 0 radical (unpaired) electrons. The van der Waals surface area contributed by atoms with Gasteiger partial charge in [0.1, 0.15) is 17.4 Å². The first-order valence-electron chi connectivity index (χ1n) is 13.5. The summed E-state index contributed by atoms with van der Waals surface area (Å²) in [6.07, 6.45) is 1.53. The van der Waals surface area contributed by atoms with Crippen LogP contribution >= 0.6 is 0 Å². The van der Waals surface area contributed by atoms with Gasteiger partial charge in [-0.2, -0.15) is 0 Å². The van der Waals surface area contributed by atoms with Crippen LogP contribution in [0.4, 0.5) is 4.39 Å². The van der Waals surface area contributed by atoms with Crippen molar-refractivity contribution in [1.29, 1.82) is 0 Å². The number of hydrogen-bond donors (Lipinski definition) is 1. The maximum atomic E-state index is 13.7. The number of halogens is 1. The number of fused-ring (bicyclic) bond motifs is 2. The molecule has 0 fully saturated rings. The first-order chi connectivity index (χ1) is 19.9. The summed E-state index contributed by atoms with van der Waals surface area (Å²) >= 11 is 0. The minimum atomic E-state index is -1.13. The van der Waals surface area contributed by atoms with Crippen molar-refractivity contribution < 1.29 is 23.8 Å². The Hall–Kier alpha value is -5.04. The molecule has 0 atom stereocenters. The van der Waals surface area contributed by atoms with Crippen LogP contribution in [-0.4, -0.2) is 33.4 Å². The first kappa shape index (κ1) is 26.2. The zero-order valence-corrected chi connectivity index (χ0v) is 22.4. The third-order valence-electron chi connectivity index (χ3n) is 7.47. The van der Waals surface area contributed by atoms with Crippen LogP contribution < -0.4 is 4.74 Å². The molecule has 1 aliphatic rings. The lowest BCUT2D eigenvalue weighted by atomic mass is 9.94. The van der Waals surface area contributed by atoms with Gasteiger partial charge >= 0.3 is 5.97 Å². The fourth-order valence-corrected chi connectivity index (χ4v) is 5.48. The standard InChI is InChI=1S/C34H27FN2O4/c1-2-37-20-27-28(34(39)40)26-18-22(17-21-13-15-25(35)16-14-21)19-36-30(26)32(29(27)33(37)38)41-31(23-9-5-3-6-10-23)24-11-7-4-8-12-24/h3-16,18-19,31H,2,17,20H2,1H3,(H,39,40). The van der Waals surface area contributed by atoms with E-state index in [0.29, 0.717) is 29.4 Å². The van der Waals surface area contributed by atoms with Gasteiger partial charge in [-0.25, -0.2) is 9.18 Å². The molecule has 5 aromatic rings. The average Bonchev–Trinajstić information content (AvgIpc) is 3.32. The van der Waals surface area contributed by atoms with Crippen molar-refractivity contribution in [1.82, 2.24) is 9.88 Å². The lowest BCUT2D eigenvalue weighted by Crippen LogP contribution is -2.23. The van der Waals surface area contributed by atoms with E-state index >= 15 is 0 Å². The smallest absolute Gasteiger partial charge is 0.336 e. The molecule has 0 unspecified atom stereocenters. The Morgan fingerprint density at radius 1 is 0.976 bits per heavy atom. The number of aromatic carboxylic acids is 1. The summed E-state index contributed by atoms with van der Waals surface area (Å²) < 4.78 is 20.2. The predicted molar refractivity (Wildman–Crippen MR) is 154 cm³/mol. The molecule has 204 valence electrons. The van der Waals surface area contributed by atoms with Gasteiger partial charge in [0, 0.05) is 30.2 Å². The van der Waals surface area contributed by atoms with E-state index in [-0.39, 0.29) is 35.1 Å². The molecule has 6 rings (SSSR count). The molecule has 1 aromatic heterocycles. The van der Waals surface area contributed by atoms with E-state index in [0.717, 1.165) is 22.3 Å². The molecule has 7 heteroatoms. The lowest BCUT2D eigenvalue weighted by molar-refractivity contribution is 0.0694. The van der Waals surface area contributed by atoms with Gasteiger partial charge in [-0.3, -0.25) is 9.78 Å². The third-order valence-corrected chi connectivity index (χ3v) is 7.47. The number of aromatic nitrogens is 1. The summed E-state index contributed by atoms with van der Waals surface area (Å²) in [6, 6.07) is 27.3. The zero-order chi connectivity index (χ0) is 28.5. The summed E-state index contributed by atoms with van der Waals surface area (Å²) in [5.74, 6) is -1.47. The van der Waals surface area contributed by atoms with E-state index in [4.69, 9.17) is 9.72 Å². The van der Waals surface area contributed by atoms with Crippen molar-refractivity contribution >= 4 is 22.8 Å². The van der Waals surface area contributed by atoms with E-state index in [9.17, 15) is 19.1 Å². The van der Waals surface area contributed by atoms with Crippen molar-refractivity contribution in [3.63, 3.8) is 0 Å². The van der Waals surface area contributed by atoms with E-state index in [1.807, 2.05) is 67.6 Å². The van der Waals surface area contributed by atoms with Crippen molar-refractivity contribution in [3.8, 4) is 5.75 Å². The Morgan fingerprint density at radius 3 is 2.20 bits per heavy atom. The molecule has 2 heterocycles. The van der Waals surface area contributed by atoms with E-state index in [1.54, 1.807) is 29.3 Å². The van der Waals surface area contributed by atoms with Gasteiger partial charge in [0.15, 0.2) is 5.75 Å². The second-order valence-electron chi connectivity index (χ2n) is 10.0. The van der Waals surface area contributed by atoms with E-state index in [1.165, 1.54) is 12.1 Å². The van der Waals surface area contributed by atoms with Crippen molar-refractivity contribution in [2.45, 2.75) is 26.0 Å². The number of carboxylic acids is 1. The molecular weight excluding hydrogens is 519 g/mol. The Labute approximate surface area is 236 Å². The highest BCUT2D eigenvalue weighted by atomic mass is 19.1. The second kappa shape index (κ2) is 10.8. The number of carbonyl (C=O) groups is 2.